The van der Waals surface area contributed by atoms with E-state index in [-0.39, 0.29) is 0 Å². The van der Waals surface area contributed by atoms with Gasteiger partial charge in [-0.3, -0.25) is 4.90 Å². The quantitative estimate of drug-likeness (QED) is 0.249. The van der Waals surface area contributed by atoms with Crippen LogP contribution in [0.4, 0.5) is 11.6 Å². The largest absolute Gasteiger partial charge is 0.455 e. The summed E-state index contributed by atoms with van der Waals surface area (Å²) in [6.45, 7) is 0. The van der Waals surface area contributed by atoms with Gasteiger partial charge >= 0.3 is 0 Å². The summed E-state index contributed by atoms with van der Waals surface area (Å²) in [5.74, 6) is 0.629. The molecule has 0 amide bonds. The highest BCUT2D eigenvalue weighted by molar-refractivity contribution is 6.20. The molecule has 8 rings (SSSR count). The van der Waals surface area contributed by atoms with Crippen molar-refractivity contribution < 1.29 is 4.42 Å². The molecule has 0 fully saturated rings. The molecule has 1 aliphatic rings. The van der Waals surface area contributed by atoms with Gasteiger partial charge in [-0.2, -0.15) is 0 Å². The lowest BCUT2D eigenvalue weighted by atomic mass is 9.96. The molecule has 0 bridgehead atoms. The molecule has 3 heterocycles. The summed E-state index contributed by atoms with van der Waals surface area (Å²) in [4.78, 5) is 12.2. The van der Waals surface area contributed by atoms with Crippen LogP contribution in [0, 0.1) is 0 Å². The minimum Gasteiger partial charge on any atom is -0.455 e. The molecule has 1 aliphatic heterocycles. The highest BCUT2D eigenvalue weighted by Crippen LogP contribution is 2.44. The van der Waals surface area contributed by atoms with E-state index < -0.39 is 0 Å². The molecule has 0 radical (unpaired) electrons. The van der Waals surface area contributed by atoms with Gasteiger partial charge in [-0.15, -0.1) is 0 Å². The Morgan fingerprint density at radius 1 is 0.579 bits per heavy atom. The minimum absolute atomic E-state index is 0.629. The van der Waals surface area contributed by atoms with Crippen LogP contribution >= 0.6 is 0 Å². The van der Waals surface area contributed by atoms with Gasteiger partial charge in [0.2, 0.25) is 5.95 Å². The fourth-order valence-electron chi connectivity index (χ4n) is 5.47. The Bertz CT molecular complexity index is 1970. The van der Waals surface area contributed by atoms with Crippen molar-refractivity contribution in [1.29, 1.82) is 0 Å². The van der Waals surface area contributed by atoms with Crippen molar-refractivity contribution in [2.45, 2.75) is 0 Å². The minimum atomic E-state index is 0.629. The van der Waals surface area contributed by atoms with E-state index in [0.29, 0.717) is 5.95 Å². The molecule has 0 saturated carbocycles. The third-order valence-corrected chi connectivity index (χ3v) is 7.24. The Kier molecular flexibility index (Phi) is 4.49. The van der Waals surface area contributed by atoms with E-state index >= 15 is 0 Å². The smallest absolute Gasteiger partial charge is 0.235 e. The van der Waals surface area contributed by atoms with Crippen molar-refractivity contribution >= 4 is 50.4 Å². The third-order valence-electron chi connectivity index (χ3n) is 7.24. The van der Waals surface area contributed by atoms with Crippen molar-refractivity contribution in [1.82, 2.24) is 9.97 Å². The van der Waals surface area contributed by atoms with Crippen molar-refractivity contribution in [3.63, 3.8) is 0 Å². The van der Waals surface area contributed by atoms with Gasteiger partial charge in [0.15, 0.2) is 0 Å². The highest BCUT2D eigenvalue weighted by atomic mass is 16.3. The zero-order chi connectivity index (χ0) is 25.1. The molecule has 7 aromatic rings. The van der Waals surface area contributed by atoms with Crippen molar-refractivity contribution in [3.05, 3.63) is 127 Å². The van der Waals surface area contributed by atoms with Crippen LogP contribution in [0.15, 0.2) is 126 Å². The maximum atomic E-state index is 6.37. The lowest BCUT2D eigenvalue weighted by Crippen LogP contribution is -2.15. The van der Waals surface area contributed by atoms with Crippen LogP contribution in [0.3, 0.4) is 0 Å². The van der Waals surface area contributed by atoms with Gasteiger partial charge < -0.3 is 4.42 Å². The maximum absolute atomic E-state index is 6.37. The molecular weight excluding hydrogens is 466 g/mol. The fraction of sp³-hybridized carbons (Fsp3) is 0. The zero-order valence-electron chi connectivity index (χ0n) is 20.4. The highest BCUT2D eigenvalue weighted by Gasteiger charge is 2.23. The van der Waals surface area contributed by atoms with E-state index in [9.17, 15) is 0 Å². The van der Waals surface area contributed by atoms with Crippen LogP contribution in [0.25, 0.3) is 61.3 Å². The van der Waals surface area contributed by atoms with Crippen LogP contribution in [0.2, 0.25) is 0 Å². The summed E-state index contributed by atoms with van der Waals surface area (Å²) >= 11 is 0. The molecule has 0 spiro atoms. The second-order valence-electron chi connectivity index (χ2n) is 9.50. The maximum Gasteiger partial charge on any atom is 0.235 e. The summed E-state index contributed by atoms with van der Waals surface area (Å²) in [6, 6.07) is 39.4. The number of benzene rings is 5. The van der Waals surface area contributed by atoms with Gasteiger partial charge in [-0.1, -0.05) is 91.0 Å². The average molecular weight is 488 g/mol. The molecule has 0 atom stereocenters. The van der Waals surface area contributed by atoms with Gasteiger partial charge in [0.05, 0.1) is 17.1 Å². The van der Waals surface area contributed by atoms with Gasteiger partial charge in [-0.25, -0.2) is 9.97 Å². The molecule has 0 unspecified atom stereocenters. The second kappa shape index (κ2) is 8.15. The number of nitrogens with zero attached hydrogens (tertiary/aromatic N) is 3. The first-order valence-electron chi connectivity index (χ1n) is 12.7. The van der Waals surface area contributed by atoms with Crippen LogP contribution in [0.5, 0.6) is 0 Å². The molecule has 178 valence electrons. The first-order chi connectivity index (χ1) is 18.8. The molecule has 38 heavy (non-hydrogen) atoms. The van der Waals surface area contributed by atoms with Gasteiger partial charge in [0.1, 0.15) is 11.2 Å². The molecule has 2 aromatic heterocycles. The summed E-state index contributed by atoms with van der Waals surface area (Å²) in [6.07, 6.45) is 4.22. The Hall–Kier alpha value is -5.22. The first-order valence-corrected chi connectivity index (χ1v) is 12.7. The number of rotatable bonds is 3. The van der Waals surface area contributed by atoms with Crippen LogP contribution in [-0.4, -0.2) is 9.97 Å². The molecular formula is C34H21N3O. The van der Waals surface area contributed by atoms with E-state index in [1.165, 1.54) is 0 Å². The third kappa shape index (κ3) is 3.17. The number of furan rings is 1. The van der Waals surface area contributed by atoms with Crippen molar-refractivity contribution in [2.24, 2.45) is 0 Å². The van der Waals surface area contributed by atoms with Gasteiger partial charge in [0, 0.05) is 38.9 Å². The Balaban J connectivity index is 1.37. The summed E-state index contributed by atoms with van der Waals surface area (Å²) in [5.41, 5.74) is 7.87. The topological polar surface area (TPSA) is 42.2 Å². The first kappa shape index (κ1) is 20.9. The van der Waals surface area contributed by atoms with E-state index in [0.717, 1.165) is 66.5 Å². The Morgan fingerprint density at radius 2 is 1.24 bits per heavy atom. The van der Waals surface area contributed by atoms with E-state index in [4.69, 9.17) is 14.4 Å². The molecule has 4 heteroatoms. The van der Waals surface area contributed by atoms with Crippen molar-refractivity contribution in [2.75, 3.05) is 4.90 Å². The Morgan fingerprint density at radius 3 is 1.97 bits per heavy atom. The number of aromatic nitrogens is 2. The predicted molar refractivity (Wildman–Crippen MR) is 155 cm³/mol. The van der Waals surface area contributed by atoms with E-state index in [2.05, 4.69) is 83.9 Å². The number of para-hydroxylation sites is 1. The fourth-order valence-corrected chi connectivity index (χ4v) is 5.47. The molecule has 0 N–H and O–H groups in total. The number of anilines is 2. The normalized spacial score (nSPS) is 12.6. The van der Waals surface area contributed by atoms with Crippen LogP contribution in [-0.2, 0) is 0 Å². The standard InChI is InChI=1S/C34H21N3O/c1-3-10-22(11-4-1)28-21-29(23-12-5-2-6-13-23)36-34(35-28)37-19-18-24-20-27-25-14-7-8-17-31(25)38-33(27)26-15-9-16-30(37)32(24)26/h1-21H. The molecule has 4 nitrogen and oxygen atoms in total. The number of hydrogen-bond donors (Lipinski definition) is 0. The average Bonchev–Trinajstić information content (AvgIpc) is 3.37. The predicted octanol–water partition coefficient (Wildman–Crippen LogP) is 8.99. The SMILES string of the molecule is C1=CN(c2nc(-c3ccccc3)cc(-c3ccccc3)n2)c2cccc3c2c1cc1c2ccccc2oc31. The summed E-state index contributed by atoms with van der Waals surface area (Å²) in [7, 11) is 0. The molecule has 0 saturated heterocycles. The van der Waals surface area contributed by atoms with Crippen molar-refractivity contribution in [3.8, 4) is 22.5 Å². The number of fused-ring (bicyclic) bond motifs is 4. The lowest BCUT2D eigenvalue weighted by molar-refractivity contribution is 0.672. The zero-order valence-corrected chi connectivity index (χ0v) is 20.4. The second-order valence-corrected chi connectivity index (χ2v) is 9.50. The Labute approximate surface area is 219 Å². The van der Waals surface area contributed by atoms with Crippen LogP contribution < -0.4 is 4.90 Å². The van der Waals surface area contributed by atoms with E-state index in [1.807, 2.05) is 48.5 Å². The number of hydrogen-bond acceptors (Lipinski definition) is 4. The molecule has 5 aromatic carbocycles. The summed E-state index contributed by atoms with van der Waals surface area (Å²) < 4.78 is 6.37. The van der Waals surface area contributed by atoms with Gasteiger partial charge in [0.25, 0.3) is 0 Å². The van der Waals surface area contributed by atoms with Gasteiger partial charge in [-0.05, 0) is 35.9 Å². The van der Waals surface area contributed by atoms with E-state index in [1.54, 1.807) is 0 Å². The van der Waals surface area contributed by atoms with Crippen LogP contribution in [0.1, 0.15) is 5.56 Å². The monoisotopic (exact) mass is 487 g/mol. The summed E-state index contributed by atoms with van der Waals surface area (Å²) in [5, 5.41) is 4.49. The lowest BCUT2D eigenvalue weighted by Gasteiger charge is -2.25. The molecule has 0 aliphatic carbocycles.